The number of allylic oxidation sites excluding steroid dienone is 2. The van der Waals surface area contributed by atoms with E-state index in [4.69, 9.17) is 0 Å². The minimum absolute atomic E-state index is 0.504. The average molecular weight is 819 g/mol. The van der Waals surface area contributed by atoms with Crippen LogP contribution in [0.15, 0.2) is 163 Å². The van der Waals surface area contributed by atoms with Crippen molar-refractivity contribution in [1.29, 1.82) is 0 Å². The zero-order valence-electron chi connectivity index (χ0n) is 35.7. The Labute approximate surface area is 357 Å². The summed E-state index contributed by atoms with van der Waals surface area (Å²) in [4.78, 5) is 0. The Morgan fingerprint density at radius 3 is 1.34 bits per heavy atom. The van der Waals surface area contributed by atoms with Crippen LogP contribution in [0.3, 0.4) is 0 Å². The van der Waals surface area contributed by atoms with Gasteiger partial charge in [-0.1, -0.05) is 0 Å². The van der Waals surface area contributed by atoms with Crippen LogP contribution in [0.5, 0.6) is 0 Å². The van der Waals surface area contributed by atoms with Crippen LogP contribution in [0.1, 0.15) is 108 Å². The van der Waals surface area contributed by atoms with Crippen LogP contribution in [-0.4, -0.2) is 8.07 Å². The molecule has 0 spiro atoms. The van der Waals surface area contributed by atoms with E-state index in [0.29, 0.717) is 8.45 Å². The molecule has 0 N–H and O–H groups in total. The molecular formula is C57H58SiTi. The van der Waals surface area contributed by atoms with Crippen molar-refractivity contribution in [2.75, 3.05) is 0 Å². The van der Waals surface area contributed by atoms with E-state index in [-0.39, 0.29) is 0 Å². The summed E-state index contributed by atoms with van der Waals surface area (Å²) in [6.07, 6.45) is 7.31. The van der Waals surface area contributed by atoms with Gasteiger partial charge in [-0.05, 0) is 0 Å². The Morgan fingerprint density at radius 1 is 0.458 bits per heavy atom. The molecule has 0 radical (unpaired) electrons. The van der Waals surface area contributed by atoms with Crippen LogP contribution >= 0.6 is 0 Å². The van der Waals surface area contributed by atoms with Gasteiger partial charge in [0, 0.05) is 0 Å². The molecule has 7 aromatic rings. The Hall–Kier alpha value is -4.53. The number of fused-ring (bicyclic) bond motifs is 2. The molecular weight excluding hydrogens is 761 g/mol. The van der Waals surface area contributed by atoms with Gasteiger partial charge < -0.3 is 0 Å². The summed E-state index contributed by atoms with van der Waals surface area (Å²) in [6.45, 7) is 12.6. The molecule has 0 fully saturated rings. The van der Waals surface area contributed by atoms with Crippen molar-refractivity contribution in [3.63, 3.8) is 0 Å². The van der Waals surface area contributed by atoms with E-state index in [9.17, 15) is 0 Å². The molecule has 0 nitrogen and oxygen atoms in total. The first kappa shape index (κ1) is 38.7. The van der Waals surface area contributed by atoms with Gasteiger partial charge in [0.25, 0.3) is 0 Å². The fourth-order valence-electron chi connectivity index (χ4n) is 12.7. The van der Waals surface area contributed by atoms with Crippen molar-refractivity contribution in [2.24, 2.45) is 0 Å². The van der Waals surface area contributed by atoms with Crippen molar-refractivity contribution < 1.29 is 16.6 Å². The maximum absolute atomic E-state index is 3.17. The minimum atomic E-state index is -3.17. The van der Waals surface area contributed by atoms with Crippen molar-refractivity contribution >= 4 is 56.3 Å². The predicted octanol–water partition coefficient (Wildman–Crippen LogP) is 14.2. The zero-order valence-corrected chi connectivity index (χ0v) is 38.3. The summed E-state index contributed by atoms with van der Waals surface area (Å²) in [5, 5.41) is 10.2. The van der Waals surface area contributed by atoms with Gasteiger partial charge >= 0.3 is 360 Å². The number of rotatable bonds is 11. The molecule has 0 aromatic heterocycles. The molecule has 0 saturated heterocycles. The predicted molar refractivity (Wildman–Crippen MR) is 255 cm³/mol. The summed E-state index contributed by atoms with van der Waals surface area (Å²) in [7, 11) is -2.71. The Balaban J connectivity index is 1.44. The van der Waals surface area contributed by atoms with Gasteiger partial charge in [0.1, 0.15) is 0 Å². The van der Waals surface area contributed by atoms with Crippen molar-refractivity contribution in [3.05, 3.63) is 196 Å². The van der Waals surface area contributed by atoms with E-state index in [2.05, 4.69) is 186 Å². The quantitative estimate of drug-likeness (QED) is 0.114. The summed E-state index contributed by atoms with van der Waals surface area (Å²) in [5.74, 6) is 0. The van der Waals surface area contributed by atoms with E-state index >= 15 is 0 Å². The standard InChI is InChI=1S/C49H40Si.2C4H9.Ti/c1-4-33-31-37-21-15-29-44(48(37)46(33)42-27-13-19-35-17-9-11-25-40(35)42)50(3,39-23-7-6-8-24-39)45-30-16-22-38-32-34(5-2)47(49(38)45)43-28-14-20-36-18-10-12-26-41(36)43;2*1-3-4-2;/h6-32H,4-5H2,1-3H3;2*1,3-4H2,2H3;. The molecule has 3 aliphatic rings. The molecule has 0 amide bonds. The van der Waals surface area contributed by atoms with Crippen LogP contribution in [0.4, 0.5) is 0 Å². The summed E-state index contributed by atoms with van der Waals surface area (Å²) < 4.78 is 3.82. The molecule has 7 aromatic carbocycles. The number of hydrogen-bond donors (Lipinski definition) is 0. The van der Waals surface area contributed by atoms with Gasteiger partial charge in [0.2, 0.25) is 0 Å². The SMILES string of the molecule is CCC[CH2][Ti]1([CH2]CCC)[CH]2C(CC)=C(c3cccc4ccccc34)c3c2cccc3[Si](C)(c2ccccc2)c2cccc3c2C(c2cccc4ccccc24)=C(CC)[CH]31. The maximum atomic E-state index is 2.72. The van der Waals surface area contributed by atoms with Gasteiger partial charge in [0.05, 0.1) is 0 Å². The van der Waals surface area contributed by atoms with Crippen LogP contribution in [0.2, 0.25) is 16.0 Å². The topological polar surface area (TPSA) is 0 Å². The Morgan fingerprint density at radius 2 is 0.881 bits per heavy atom. The molecule has 294 valence electrons. The van der Waals surface area contributed by atoms with Crippen LogP contribution in [0.25, 0.3) is 32.7 Å². The average Bonchev–Trinajstić information content (AvgIpc) is 3.82. The van der Waals surface area contributed by atoms with Crippen LogP contribution in [-0.2, 0) is 16.6 Å². The number of hydrogen-bond acceptors (Lipinski definition) is 0. The van der Waals surface area contributed by atoms with E-state index in [0.717, 1.165) is 12.8 Å². The van der Waals surface area contributed by atoms with E-state index in [1.165, 1.54) is 73.0 Å². The molecule has 1 heterocycles. The fraction of sp³-hybridized carbons (Fsp3) is 0.263. The second-order valence-electron chi connectivity index (χ2n) is 17.9. The third-order valence-corrected chi connectivity index (χ3v) is 29.2. The van der Waals surface area contributed by atoms with Crippen LogP contribution in [0, 0.1) is 0 Å². The molecule has 10 rings (SSSR count). The first-order chi connectivity index (χ1) is 29.0. The third kappa shape index (κ3) is 5.71. The number of benzene rings is 7. The number of unbranched alkanes of at least 4 members (excludes halogenated alkanes) is 2. The van der Waals surface area contributed by atoms with Crippen molar-refractivity contribution in [3.8, 4) is 0 Å². The summed E-state index contributed by atoms with van der Waals surface area (Å²) >= 11 is -3.17. The molecule has 2 unspecified atom stereocenters. The molecule has 2 heteroatoms. The molecule has 0 saturated carbocycles. The first-order valence-electron chi connectivity index (χ1n) is 22.8. The normalized spacial score (nSPS) is 20.2. The monoisotopic (exact) mass is 818 g/mol. The van der Waals surface area contributed by atoms with Gasteiger partial charge in [-0.15, -0.1) is 0 Å². The summed E-state index contributed by atoms with van der Waals surface area (Å²) in [6, 6.07) is 59.9. The van der Waals surface area contributed by atoms with Crippen molar-refractivity contribution in [1.82, 2.24) is 0 Å². The van der Waals surface area contributed by atoms with Gasteiger partial charge in [-0.3, -0.25) is 0 Å². The Kier molecular flexibility index (Phi) is 10.2. The first-order valence-corrected chi connectivity index (χ1v) is 29.3. The van der Waals surface area contributed by atoms with E-state index < -0.39 is 24.7 Å². The van der Waals surface area contributed by atoms with Gasteiger partial charge in [0.15, 0.2) is 0 Å². The van der Waals surface area contributed by atoms with E-state index in [1.54, 1.807) is 54.9 Å². The zero-order chi connectivity index (χ0) is 40.3. The van der Waals surface area contributed by atoms with Gasteiger partial charge in [-0.2, -0.15) is 0 Å². The second-order valence-corrected chi connectivity index (χ2v) is 29.0. The molecule has 8 bridgehead atoms. The van der Waals surface area contributed by atoms with Crippen molar-refractivity contribution in [2.45, 2.75) is 90.7 Å². The van der Waals surface area contributed by atoms with E-state index in [1.807, 2.05) is 0 Å². The van der Waals surface area contributed by atoms with Gasteiger partial charge in [-0.25, -0.2) is 0 Å². The molecule has 59 heavy (non-hydrogen) atoms. The second kappa shape index (κ2) is 15.5. The fourth-order valence-corrected chi connectivity index (χ4v) is 28.7. The summed E-state index contributed by atoms with van der Waals surface area (Å²) in [5.41, 5.74) is 16.2. The Bertz CT molecular complexity index is 2620. The molecule has 1 aliphatic heterocycles. The van der Waals surface area contributed by atoms with Crippen LogP contribution < -0.4 is 15.6 Å². The molecule has 2 atom stereocenters. The molecule has 2 aliphatic carbocycles. The third-order valence-electron chi connectivity index (χ3n) is 15.1.